The van der Waals surface area contributed by atoms with Gasteiger partial charge < -0.3 is 19.5 Å². The molecule has 3 N–H and O–H groups in total. The molecule has 0 unspecified atom stereocenters. The van der Waals surface area contributed by atoms with E-state index < -0.39 is 29.1 Å². The van der Waals surface area contributed by atoms with Gasteiger partial charge in [-0.05, 0) is 47.5 Å². The number of aromatic nitrogens is 2. The zero-order chi connectivity index (χ0) is 27.3. The molecule has 2 aromatic carbocycles. The van der Waals surface area contributed by atoms with Gasteiger partial charge in [-0.1, -0.05) is 62.4 Å². The number of carbonyl (C=O) groups excluding carboxylic acids is 1. The van der Waals surface area contributed by atoms with Gasteiger partial charge >= 0.3 is 17.2 Å². The van der Waals surface area contributed by atoms with Gasteiger partial charge in [0.15, 0.2) is 9.96 Å². The van der Waals surface area contributed by atoms with Crippen LogP contribution in [0.3, 0.4) is 0 Å². The predicted octanol–water partition coefficient (Wildman–Crippen LogP) is 3.59. The Bertz CT molecular complexity index is 1470. The molecule has 1 amide bonds. The van der Waals surface area contributed by atoms with Crippen LogP contribution in [0, 0.1) is 5.92 Å². The molecule has 38 heavy (non-hydrogen) atoms. The third-order valence-corrected chi connectivity index (χ3v) is 8.27. The molecule has 2 aromatic heterocycles. The molecule has 0 saturated carbocycles. The molecular formula is C26H28BN3O6S2. The molecule has 0 radical (unpaired) electrons. The van der Waals surface area contributed by atoms with Gasteiger partial charge in [0, 0.05) is 5.56 Å². The third-order valence-electron chi connectivity index (χ3n) is 5.68. The molecule has 0 aliphatic carbocycles. The first-order valence-corrected chi connectivity index (χ1v) is 14.3. The molecule has 0 spiro atoms. The van der Waals surface area contributed by atoms with Crippen LogP contribution in [-0.4, -0.2) is 47.2 Å². The van der Waals surface area contributed by atoms with Crippen LogP contribution in [0.15, 0.2) is 82.4 Å². The van der Waals surface area contributed by atoms with Gasteiger partial charge in [-0.25, -0.2) is 0 Å². The number of rotatable bonds is 11. The van der Waals surface area contributed by atoms with Crippen molar-refractivity contribution < 1.29 is 27.4 Å². The Kier molecular flexibility index (Phi) is 8.67. The molecule has 0 bridgehead atoms. The number of carbonyl (C=O) groups is 1. The molecule has 0 aliphatic rings. The van der Waals surface area contributed by atoms with Crippen molar-refractivity contribution >= 4 is 34.5 Å². The first-order chi connectivity index (χ1) is 18.1. The van der Waals surface area contributed by atoms with Crippen LogP contribution in [0.1, 0.15) is 20.3 Å². The molecule has 4 aromatic rings. The number of hydrogen-bond donors (Lipinski definition) is 3. The maximum absolute atomic E-state index is 12.9. The van der Waals surface area contributed by atoms with E-state index in [9.17, 15) is 23.3 Å². The lowest BCUT2D eigenvalue weighted by atomic mass is 9.75. The second-order valence-corrected chi connectivity index (χ2v) is 11.8. The average Bonchev–Trinajstić information content (AvgIpc) is 3.55. The van der Waals surface area contributed by atoms with Crippen LogP contribution in [0.25, 0.3) is 22.5 Å². The largest absolute Gasteiger partial charge is 0.475 e. The van der Waals surface area contributed by atoms with Crippen LogP contribution < -0.4 is 9.50 Å². The summed E-state index contributed by atoms with van der Waals surface area (Å²) in [7, 11) is -5.73. The van der Waals surface area contributed by atoms with Crippen molar-refractivity contribution in [1.82, 2.24) is 15.1 Å². The van der Waals surface area contributed by atoms with Crippen molar-refractivity contribution in [2.45, 2.75) is 37.0 Å². The van der Waals surface area contributed by atoms with Crippen LogP contribution in [0.2, 0.25) is 0 Å². The van der Waals surface area contributed by atoms with E-state index >= 15 is 0 Å². The van der Waals surface area contributed by atoms with Crippen molar-refractivity contribution in [2.24, 2.45) is 5.92 Å². The lowest BCUT2D eigenvalue weighted by Gasteiger charge is -2.20. The Balaban J connectivity index is 1.68. The lowest BCUT2D eigenvalue weighted by molar-refractivity contribution is -0.122. The summed E-state index contributed by atoms with van der Waals surface area (Å²) < 4.78 is 32.6. The number of benzene rings is 2. The van der Waals surface area contributed by atoms with Gasteiger partial charge in [-0.3, -0.25) is 9.48 Å². The summed E-state index contributed by atoms with van der Waals surface area (Å²) >= 11 is 1.06. The molecular weight excluding hydrogens is 525 g/mol. The number of nitrogens with one attached hydrogen (secondary N) is 1. The fraction of sp³-hybridized carbons (Fsp3) is 0.231. The van der Waals surface area contributed by atoms with E-state index in [1.54, 1.807) is 41.8 Å². The van der Waals surface area contributed by atoms with E-state index in [0.29, 0.717) is 23.4 Å². The van der Waals surface area contributed by atoms with Crippen molar-refractivity contribution in [1.29, 1.82) is 0 Å². The van der Waals surface area contributed by atoms with Crippen molar-refractivity contribution in [3.8, 4) is 28.3 Å². The van der Waals surface area contributed by atoms with Gasteiger partial charge in [0.2, 0.25) is 5.91 Å². The Morgan fingerprint density at radius 1 is 1.08 bits per heavy atom. The fourth-order valence-electron chi connectivity index (χ4n) is 3.98. The van der Waals surface area contributed by atoms with Gasteiger partial charge in [0.05, 0.1) is 17.3 Å². The minimum atomic E-state index is -4.03. The summed E-state index contributed by atoms with van der Waals surface area (Å²) in [5.41, 5.74) is 2.27. The van der Waals surface area contributed by atoms with Gasteiger partial charge in [0.25, 0.3) is 0 Å². The van der Waals surface area contributed by atoms with Crippen molar-refractivity contribution in [2.75, 3.05) is 0 Å². The maximum atomic E-state index is 12.9. The fourth-order valence-corrected chi connectivity index (χ4v) is 5.88. The zero-order valence-corrected chi connectivity index (χ0v) is 22.5. The van der Waals surface area contributed by atoms with Crippen molar-refractivity contribution in [3.05, 3.63) is 78.2 Å². The normalized spacial score (nSPS) is 12.3. The molecule has 0 saturated heterocycles. The van der Waals surface area contributed by atoms with E-state index in [4.69, 9.17) is 4.18 Å². The highest BCUT2D eigenvalue weighted by Crippen LogP contribution is 2.34. The summed E-state index contributed by atoms with van der Waals surface area (Å²) in [4.78, 5) is 12.9. The monoisotopic (exact) mass is 553 g/mol. The summed E-state index contributed by atoms with van der Waals surface area (Å²) in [6, 6.07) is 20.9. The standard InChI is InChI=1S/C26H28BN3O6S2/c1-18(2)15-24(27(32)33)28-25(31)17-30-22(19-9-4-3-5-10-19)16-21(29-30)20-11-6-7-12-23(20)36-38(34,35)26-13-8-14-37-26/h3-14,16,18,24,32-33H,15,17H2,1-2H3,(H,28,31)/t24-/m0/s1. The maximum Gasteiger partial charge on any atom is 0.475 e. The van der Waals surface area contributed by atoms with Crippen LogP contribution in [0.5, 0.6) is 5.75 Å². The smallest absolute Gasteiger partial charge is 0.426 e. The van der Waals surface area contributed by atoms with Crippen LogP contribution in [-0.2, 0) is 21.5 Å². The number of amides is 1. The molecule has 198 valence electrons. The van der Waals surface area contributed by atoms with Gasteiger partial charge in [-0.15, -0.1) is 11.3 Å². The second kappa shape index (κ2) is 11.9. The highest BCUT2D eigenvalue weighted by atomic mass is 32.3. The van der Waals surface area contributed by atoms with E-state index in [-0.39, 0.29) is 22.4 Å². The minimum absolute atomic E-state index is 0.0847. The lowest BCUT2D eigenvalue weighted by Crippen LogP contribution is -2.48. The Morgan fingerprint density at radius 2 is 1.79 bits per heavy atom. The number of para-hydroxylation sites is 1. The summed E-state index contributed by atoms with van der Waals surface area (Å²) in [6.07, 6.45) is 0.392. The van der Waals surface area contributed by atoms with Crippen LogP contribution >= 0.6 is 11.3 Å². The van der Waals surface area contributed by atoms with Gasteiger partial charge in [-0.2, -0.15) is 13.5 Å². The third kappa shape index (κ3) is 6.70. The summed E-state index contributed by atoms with van der Waals surface area (Å²) in [6.45, 7) is 3.65. The molecule has 2 heterocycles. The summed E-state index contributed by atoms with van der Waals surface area (Å²) in [5.74, 6) is -1.02. The molecule has 1 atom stereocenters. The van der Waals surface area contributed by atoms with Crippen molar-refractivity contribution in [3.63, 3.8) is 0 Å². The average molecular weight is 553 g/mol. The Morgan fingerprint density at radius 3 is 2.45 bits per heavy atom. The zero-order valence-electron chi connectivity index (χ0n) is 20.9. The SMILES string of the molecule is CC(C)C[C@H](NC(=O)Cn1nc(-c2ccccc2OS(=O)(=O)c2cccs2)cc1-c1ccccc1)B(O)O. The molecule has 9 nitrogen and oxygen atoms in total. The van der Waals surface area contributed by atoms with E-state index in [1.165, 1.54) is 10.7 Å². The molecule has 12 heteroatoms. The first kappa shape index (κ1) is 27.6. The topological polar surface area (TPSA) is 131 Å². The summed E-state index contributed by atoms with van der Waals surface area (Å²) in [5, 5.41) is 28.4. The van der Waals surface area contributed by atoms with Gasteiger partial charge in [0.1, 0.15) is 6.54 Å². The minimum Gasteiger partial charge on any atom is -0.426 e. The molecule has 0 fully saturated rings. The number of nitrogens with zero attached hydrogens (tertiary/aromatic N) is 2. The Hall–Kier alpha value is -3.45. The van der Waals surface area contributed by atoms with Crippen LogP contribution in [0.4, 0.5) is 0 Å². The quantitative estimate of drug-likeness (QED) is 0.191. The molecule has 4 rings (SSSR count). The highest BCUT2D eigenvalue weighted by molar-refractivity contribution is 7.89. The second-order valence-electron chi connectivity index (χ2n) is 9.12. The molecule has 0 aliphatic heterocycles. The number of hydrogen-bond acceptors (Lipinski definition) is 8. The highest BCUT2D eigenvalue weighted by Gasteiger charge is 2.27. The van der Waals surface area contributed by atoms with E-state index in [1.807, 2.05) is 44.2 Å². The first-order valence-electron chi connectivity index (χ1n) is 12.0. The Labute approximate surface area is 226 Å². The number of thiophene rings is 1. The van der Waals surface area contributed by atoms with E-state index in [0.717, 1.165) is 16.9 Å². The van der Waals surface area contributed by atoms with E-state index in [2.05, 4.69) is 10.4 Å². The predicted molar refractivity (Wildman–Crippen MR) is 147 cm³/mol.